The lowest BCUT2D eigenvalue weighted by Crippen LogP contribution is -2.47. The van der Waals surface area contributed by atoms with Crippen LogP contribution in [0.3, 0.4) is 0 Å². The van der Waals surface area contributed by atoms with Crippen LogP contribution < -0.4 is 0 Å². The van der Waals surface area contributed by atoms with Crippen LogP contribution in [0.25, 0.3) is 28.2 Å². The highest BCUT2D eigenvalue weighted by Gasteiger charge is 2.52. The minimum absolute atomic E-state index is 0.0305. The van der Waals surface area contributed by atoms with Gasteiger partial charge in [-0.25, -0.2) is 19.0 Å². The first-order valence-electron chi connectivity index (χ1n) is 13.7. The first kappa shape index (κ1) is 25.8. The van der Waals surface area contributed by atoms with Crippen LogP contribution in [0.4, 0.5) is 4.39 Å². The van der Waals surface area contributed by atoms with E-state index in [9.17, 15) is 14.4 Å². The van der Waals surface area contributed by atoms with E-state index in [1.807, 2.05) is 41.1 Å². The highest BCUT2D eigenvalue weighted by Crippen LogP contribution is 2.53. The summed E-state index contributed by atoms with van der Waals surface area (Å²) >= 11 is 0. The summed E-state index contributed by atoms with van der Waals surface area (Å²) in [6.07, 6.45) is 12.2. The zero-order valence-corrected chi connectivity index (χ0v) is 22.5. The third-order valence-electron chi connectivity index (χ3n) is 8.47. The molecular formula is C32H29FN6O. The second-order valence-electron chi connectivity index (χ2n) is 10.8. The van der Waals surface area contributed by atoms with Crippen molar-refractivity contribution in [1.82, 2.24) is 24.7 Å². The summed E-state index contributed by atoms with van der Waals surface area (Å²) in [6, 6.07) is 13.3. The number of rotatable bonds is 6. The van der Waals surface area contributed by atoms with E-state index in [1.165, 1.54) is 18.6 Å². The SMILES string of the molecule is CCCC[C@H]1C(=O)C(C#N)=C[C@@]2(C)c3c(c(-c4ccncn4)nn3-c3ccc(-c4cncc(F)c4)cc3)CC[C@H]12. The summed E-state index contributed by atoms with van der Waals surface area (Å²) in [7, 11) is 0. The van der Waals surface area contributed by atoms with E-state index in [2.05, 4.69) is 34.9 Å². The Hall–Kier alpha value is -4.51. The fourth-order valence-electron chi connectivity index (χ4n) is 6.60. The Bertz CT molecular complexity index is 1650. The molecule has 0 aliphatic heterocycles. The van der Waals surface area contributed by atoms with E-state index in [0.29, 0.717) is 5.56 Å². The predicted octanol–water partition coefficient (Wildman–Crippen LogP) is 6.19. The molecule has 6 rings (SSSR count). The van der Waals surface area contributed by atoms with Crippen molar-refractivity contribution in [2.75, 3.05) is 0 Å². The van der Waals surface area contributed by atoms with E-state index >= 15 is 0 Å². The van der Waals surface area contributed by atoms with Crippen molar-refractivity contribution in [3.8, 4) is 34.3 Å². The summed E-state index contributed by atoms with van der Waals surface area (Å²) < 4.78 is 15.8. The molecule has 2 aliphatic rings. The Balaban J connectivity index is 1.54. The number of aromatic nitrogens is 5. The second-order valence-corrected chi connectivity index (χ2v) is 10.8. The van der Waals surface area contributed by atoms with Gasteiger partial charge in [-0.2, -0.15) is 10.4 Å². The molecule has 0 saturated carbocycles. The Kier molecular flexibility index (Phi) is 6.59. The molecule has 3 atom stereocenters. The van der Waals surface area contributed by atoms with Crippen LogP contribution in [0.1, 0.15) is 50.8 Å². The van der Waals surface area contributed by atoms with E-state index in [1.54, 1.807) is 12.4 Å². The van der Waals surface area contributed by atoms with Crippen LogP contribution in [-0.2, 0) is 16.6 Å². The molecule has 4 aromatic rings. The number of hydrogen-bond acceptors (Lipinski definition) is 6. The molecule has 0 unspecified atom stereocenters. The molecule has 0 N–H and O–H groups in total. The Morgan fingerprint density at radius 2 is 1.98 bits per heavy atom. The summed E-state index contributed by atoms with van der Waals surface area (Å²) in [5, 5.41) is 15.1. The lowest BCUT2D eigenvalue weighted by Gasteiger charge is -2.46. The monoisotopic (exact) mass is 532 g/mol. The van der Waals surface area contributed by atoms with Gasteiger partial charge in [-0.1, -0.05) is 44.9 Å². The number of Topliss-reactive ketones (excluding diaryl/α,β-unsaturated/α-hetero) is 1. The molecular weight excluding hydrogens is 503 g/mol. The van der Waals surface area contributed by atoms with Gasteiger partial charge in [-0.3, -0.25) is 9.78 Å². The molecule has 3 aromatic heterocycles. The number of carbonyl (C=O) groups is 1. The maximum Gasteiger partial charge on any atom is 0.176 e. The third-order valence-corrected chi connectivity index (χ3v) is 8.47. The average molecular weight is 533 g/mol. The lowest BCUT2D eigenvalue weighted by atomic mass is 9.56. The Morgan fingerprint density at radius 1 is 1.15 bits per heavy atom. The van der Waals surface area contributed by atoms with Crippen molar-refractivity contribution in [2.45, 2.75) is 51.4 Å². The number of benzene rings is 1. The summed E-state index contributed by atoms with van der Waals surface area (Å²) in [5.74, 6) is -0.563. The number of unbranched alkanes of at least 4 members (excludes halogenated alkanes) is 1. The molecule has 0 amide bonds. The zero-order valence-electron chi connectivity index (χ0n) is 22.5. The van der Waals surface area contributed by atoms with Crippen LogP contribution in [0.2, 0.25) is 0 Å². The maximum absolute atomic E-state index is 13.8. The number of halogens is 1. The van der Waals surface area contributed by atoms with Gasteiger partial charge in [-0.15, -0.1) is 0 Å². The largest absolute Gasteiger partial charge is 0.293 e. The molecule has 0 bridgehead atoms. The standard InChI is InChI=1S/C32H29FN6O/c1-3-4-5-25-27-11-10-26-29(28-12-13-35-19-37-28)38-39(31(26)32(27,2)15-22(16-34)30(25)40)24-8-6-20(7-9-24)21-14-23(33)18-36-17-21/h6-9,12-15,17-19,25,27H,3-5,10-11H2,1-2H3/t25-,27-,32-/m1/s1. The molecule has 0 saturated heterocycles. The highest BCUT2D eigenvalue weighted by atomic mass is 19.1. The van der Waals surface area contributed by atoms with Crippen molar-refractivity contribution < 1.29 is 9.18 Å². The smallest absolute Gasteiger partial charge is 0.176 e. The molecule has 0 radical (unpaired) electrons. The molecule has 1 aromatic carbocycles. The molecule has 0 spiro atoms. The van der Waals surface area contributed by atoms with Gasteiger partial charge in [-0.05, 0) is 55.0 Å². The van der Waals surface area contributed by atoms with E-state index in [0.717, 1.165) is 66.0 Å². The molecule has 8 heteroatoms. The zero-order chi connectivity index (χ0) is 27.9. The van der Waals surface area contributed by atoms with Crippen molar-refractivity contribution >= 4 is 5.78 Å². The number of nitrogens with zero attached hydrogens (tertiary/aromatic N) is 6. The van der Waals surface area contributed by atoms with Crippen molar-refractivity contribution in [1.29, 1.82) is 5.26 Å². The lowest BCUT2D eigenvalue weighted by molar-refractivity contribution is -0.122. The topological polar surface area (TPSA) is 97.4 Å². The predicted molar refractivity (Wildman–Crippen MR) is 149 cm³/mol. The molecule has 3 heterocycles. The fraction of sp³-hybridized carbons (Fsp3) is 0.312. The quantitative estimate of drug-likeness (QED) is 0.294. The van der Waals surface area contributed by atoms with Crippen molar-refractivity contribution in [2.24, 2.45) is 11.8 Å². The van der Waals surface area contributed by atoms with Crippen LogP contribution in [0.5, 0.6) is 0 Å². The van der Waals surface area contributed by atoms with E-state index < -0.39 is 5.41 Å². The summed E-state index contributed by atoms with van der Waals surface area (Å²) in [6.45, 7) is 4.27. The summed E-state index contributed by atoms with van der Waals surface area (Å²) in [5.41, 5.74) is 5.60. The van der Waals surface area contributed by atoms with Gasteiger partial charge in [0.25, 0.3) is 0 Å². The van der Waals surface area contributed by atoms with Gasteiger partial charge >= 0.3 is 0 Å². The van der Waals surface area contributed by atoms with Gasteiger partial charge in [0.2, 0.25) is 0 Å². The van der Waals surface area contributed by atoms with Crippen LogP contribution >= 0.6 is 0 Å². The number of fused-ring (bicyclic) bond motifs is 3. The number of ketones is 1. The third kappa shape index (κ3) is 4.22. The number of carbonyl (C=O) groups excluding carboxylic acids is 1. The molecule has 0 fully saturated rings. The fourth-order valence-corrected chi connectivity index (χ4v) is 6.60. The van der Waals surface area contributed by atoms with Gasteiger partial charge in [0, 0.05) is 34.9 Å². The first-order chi connectivity index (χ1) is 19.4. The minimum atomic E-state index is -0.575. The maximum atomic E-state index is 13.8. The minimum Gasteiger partial charge on any atom is -0.293 e. The molecule has 200 valence electrons. The van der Waals surface area contributed by atoms with Gasteiger partial charge in [0.1, 0.15) is 23.9 Å². The Labute approximate surface area is 232 Å². The molecule has 40 heavy (non-hydrogen) atoms. The number of pyridine rings is 1. The number of allylic oxidation sites excluding steroid dienone is 2. The number of nitriles is 1. The Morgan fingerprint density at radius 3 is 2.67 bits per heavy atom. The van der Waals surface area contributed by atoms with Crippen molar-refractivity contribution in [3.05, 3.63) is 90.0 Å². The molecule has 7 nitrogen and oxygen atoms in total. The van der Waals surface area contributed by atoms with Gasteiger partial charge in [0.15, 0.2) is 5.78 Å². The van der Waals surface area contributed by atoms with Crippen LogP contribution in [0.15, 0.2) is 73.0 Å². The normalized spacial score (nSPS) is 21.8. The van der Waals surface area contributed by atoms with Crippen LogP contribution in [-0.4, -0.2) is 30.5 Å². The molecule has 2 aliphatic carbocycles. The van der Waals surface area contributed by atoms with Crippen molar-refractivity contribution in [3.63, 3.8) is 0 Å². The average Bonchev–Trinajstić information content (AvgIpc) is 3.38. The van der Waals surface area contributed by atoms with E-state index in [-0.39, 0.29) is 29.0 Å². The highest BCUT2D eigenvalue weighted by molar-refractivity contribution is 6.02. The van der Waals surface area contributed by atoms with E-state index in [4.69, 9.17) is 5.10 Å². The number of hydrogen-bond donors (Lipinski definition) is 0. The van der Waals surface area contributed by atoms with Gasteiger partial charge in [0.05, 0.1) is 28.8 Å². The van der Waals surface area contributed by atoms with Gasteiger partial charge < -0.3 is 0 Å². The summed E-state index contributed by atoms with van der Waals surface area (Å²) in [4.78, 5) is 25.9. The van der Waals surface area contributed by atoms with Crippen LogP contribution in [0, 0.1) is 29.0 Å². The second kappa shape index (κ2) is 10.2. The first-order valence-corrected chi connectivity index (χ1v) is 13.7.